The van der Waals surface area contributed by atoms with Crippen LogP contribution in [-0.4, -0.2) is 91.7 Å². The summed E-state index contributed by atoms with van der Waals surface area (Å²) in [6.07, 6.45) is 2.34. The van der Waals surface area contributed by atoms with Crippen LogP contribution >= 0.6 is 11.3 Å². The number of hydrogen-bond donors (Lipinski definition) is 5. The van der Waals surface area contributed by atoms with Gasteiger partial charge in [-0.15, -0.1) is 11.3 Å². The van der Waals surface area contributed by atoms with E-state index in [1.54, 1.807) is 32.0 Å². The number of fused-ring (bicyclic) bond motifs is 2. The number of halogens is 3. The van der Waals surface area contributed by atoms with Crippen LogP contribution in [0.5, 0.6) is 5.75 Å². The van der Waals surface area contributed by atoms with Crippen LogP contribution in [0.1, 0.15) is 125 Å². The number of alkyl halides is 3. The maximum Gasteiger partial charge on any atom is 0.433 e. The second-order valence-electron chi connectivity index (χ2n) is 17.3. The number of rotatable bonds is 11. The summed E-state index contributed by atoms with van der Waals surface area (Å²) in [5.41, 5.74) is -1.25. The van der Waals surface area contributed by atoms with Gasteiger partial charge < -0.3 is 25.7 Å². The minimum Gasteiger partial charge on any atom is -0.507 e. The summed E-state index contributed by atoms with van der Waals surface area (Å²) in [6.45, 7) is 6.69. The first kappa shape index (κ1) is 43.2. The lowest BCUT2D eigenvalue weighted by atomic mass is 9.81. The molecule has 4 aliphatic rings. The number of nitrogens with one attached hydrogen (secondary N) is 3. The summed E-state index contributed by atoms with van der Waals surface area (Å²) >= 11 is 1.53. The zero-order valence-corrected chi connectivity index (χ0v) is 35.1. The van der Waals surface area contributed by atoms with E-state index in [1.165, 1.54) is 23.5 Å². The summed E-state index contributed by atoms with van der Waals surface area (Å²) < 4.78 is 40.6. The predicted octanol–water partition coefficient (Wildman–Crippen LogP) is 6.78. The van der Waals surface area contributed by atoms with Crippen molar-refractivity contribution >= 4 is 62.5 Å². The molecule has 1 aliphatic carbocycles. The normalized spacial score (nSPS) is 21.6. The highest BCUT2D eigenvalue weighted by Gasteiger charge is 2.47. The Morgan fingerprint density at radius 3 is 2.32 bits per heavy atom. The highest BCUT2D eigenvalue weighted by molar-refractivity contribution is 7.18. The molecule has 2 aromatic carbocycles. The highest BCUT2D eigenvalue weighted by atomic mass is 32.1. The lowest BCUT2D eigenvalue weighted by Gasteiger charge is -2.36. The van der Waals surface area contributed by atoms with Gasteiger partial charge in [0, 0.05) is 42.4 Å². The number of imide groups is 2. The first-order chi connectivity index (χ1) is 29.4. The number of aliphatic hydroxyl groups is 1. The van der Waals surface area contributed by atoms with Gasteiger partial charge in [-0.25, -0.2) is 9.97 Å². The minimum absolute atomic E-state index is 0.00739. The second kappa shape index (κ2) is 17.0. The lowest BCUT2D eigenvalue weighted by Crippen LogP contribution is -2.54. The number of phenolic OH excluding ortho intramolecular Hbond substituents is 1. The molecule has 2 aromatic heterocycles. The number of carbonyl (C=O) groups excluding carboxylic acids is 5. The van der Waals surface area contributed by atoms with Gasteiger partial charge >= 0.3 is 6.18 Å². The van der Waals surface area contributed by atoms with E-state index >= 15 is 0 Å². The van der Waals surface area contributed by atoms with Crippen LogP contribution in [0.4, 0.5) is 24.5 Å². The number of thiazole rings is 1. The zero-order chi connectivity index (χ0) is 44.1. The Kier molecular flexibility index (Phi) is 11.9. The molecular formula is C44H48F3N7O7S. The molecule has 328 valence electrons. The van der Waals surface area contributed by atoms with E-state index in [0.29, 0.717) is 35.1 Å². The molecule has 1 saturated carbocycles. The van der Waals surface area contributed by atoms with Crippen molar-refractivity contribution in [1.82, 2.24) is 25.1 Å². The molecular weight excluding hydrogens is 828 g/mol. The van der Waals surface area contributed by atoms with Crippen LogP contribution in [0.15, 0.2) is 42.5 Å². The monoisotopic (exact) mass is 875 g/mol. The van der Waals surface area contributed by atoms with Crippen molar-refractivity contribution < 1.29 is 47.4 Å². The molecule has 0 bridgehead atoms. The summed E-state index contributed by atoms with van der Waals surface area (Å²) in [6, 6.07) is 8.42. The molecule has 62 heavy (non-hydrogen) atoms. The molecule has 1 atom stereocenters. The summed E-state index contributed by atoms with van der Waals surface area (Å²) in [5, 5.41) is 30.7. The smallest absolute Gasteiger partial charge is 0.433 e. The van der Waals surface area contributed by atoms with Gasteiger partial charge in [0.2, 0.25) is 11.8 Å². The van der Waals surface area contributed by atoms with Crippen molar-refractivity contribution in [2.45, 2.75) is 95.4 Å². The topological polar surface area (TPSA) is 194 Å². The molecule has 3 aliphatic heterocycles. The first-order valence-electron chi connectivity index (χ1n) is 21.0. The van der Waals surface area contributed by atoms with Gasteiger partial charge in [-0.2, -0.15) is 13.2 Å². The molecule has 0 radical (unpaired) electrons. The number of nitrogens with zero attached hydrogens (tertiary/aromatic N) is 4. The van der Waals surface area contributed by atoms with E-state index in [1.807, 2.05) is 0 Å². The number of anilines is 2. The van der Waals surface area contributed by atoms with Crippen LogP contribution in [0.25, 0.3) is 10.2 Å². The van der Waals surface area contributed by atoms with Crippen LogP contribution in [-0.2, 0) is 21.4 Å². The van der Waals surface area contributed by atoms with E-state index in [9.17, 15) is 47.4 Å². The molecule has 5 amide bonds. The Morgan fingerprint density at radius 1 is 0.903 bits per heavy atom. The zero-order valence-electron chi connectivity index (χ0n) is 34.3. The standard InChI is InChI=1S/C44H48F3N7O7S/c1-43(2,61)26-20-30-33(21-29(26)50-38(57)28-4-3-5-34(49-28)44(45,46)47)62-40(51-30)25-8-6-24(7-9-25)22-53-18-15-23(16-19-53)14-17-48-27-10-12-32(55)37-36(27)41(59)54(42(37)60)31-11-13-35(56)52-39(31)58/h3-5,10,12,20-21,23-25,31,48,55,61H,6-9,11,13-19,22H2,1-2H3,(H,50,57)(H,52,56,58). The van der Waals surface area contributed by atoms with E-state index in [-0.39, 0.29) is 41.3 Å². The number of benzene rings is 2. The number of aromatic nitrogens is 2. The van der Waals surface area contributed by atoms with Crippen molar-refractivity contribution in [3.05, 3.63) is 75.6 Å². The van der Waals surface area contributed by atoms with E-state index in [0.717, 1.165) is 91.3 Å². The van der Waals surface area contributed by atoms with E-state index in [2.05, 4.69) is 25.8 Å². The van der Waals surface area contributed by atoms with Crippen molar-refractivity contribution in [3.8, 4) is 5.75 Å². The molecule has 8 rings (SSSR count). The number of phenols is 1. The summed E-state index contributed by atoms with van der Waals surface area (Å²) in [5.74, 6) is -2.44. The van der Waals surface area contributed by atoms with Crippen LogP contribution < -0.4 is 16.0 Å². The van der Waals surface area contributed by atoms with Crippen molar-refractivity contribution in [2.75, 3.05) is 36.8 Å². The van der Waals surface area contributed by atoms with Gasteiger partial charge in [0.1, 0.15) is 23.2 Å². The molecule has 1 unspecified atom stereocenters. The molecule has 14 nitrogen and oxygen atoms in total. The fourth-order valence-electron chi connectivity index (χ4n) is 9.23. The third kappa shape index (κ3) is 8.90. The lowest BCUT2D eigenvalue weighted by molar-refractivity contribution is -0.141. The molecule has 18 heteroatoms. The SMILES string of the molecule is CC(C)(O)c1cc2nc(C3CCC(CN4CCC(CCNc5ccc(O)c6c5C(=O)N(C5CCC(=O)NC5=O)C6=O)CC4)CC3)sc2cc1NC(=O)c1cccc(C(F)(F)F)n1. The fourth-order valence-corrected chi connectivity index (χ4v) is 10.4. The Labute approximate surface area is 359 Å². The molecule has 5 heterocycles. The van der Waals surface area contributed by atoms with Gasteiger partial charge in [-0.1, -0.05) is 6.07 Å². The van der Waals surface area contributed by atoms with Crippen molar-refractivity contribution in [3.63, 3.8) is 0 Å². The Bertz CT molecular complexity index is 2430. The molecule has 3 fully saturated rings. The molecule has 0 spiro atoms. The minimum atomic E-state index is -4.70. The van der Waals surface area contributed by atoms with E-state index < -0.39 is 58.7 Å². The van der Waals surface area contributed by atoms with Crippen LogP contribution in [0.3, 0.4) is 0 Å². The second-order valence-corrected chi connectivity index (χ2v) is 18.4. The van der Waals surface area contributed by atoms with Gasteiger partial charge in [0.15, 0.2) is 0 Å². The van der Waals surface area contributed by atoms with Crippen LogP contribution in [0.2, 0.25) is 0 Å². The summed E-state index contributed by atoms with van der Waals surface area (Å²) in [4.78, 5) is 75.8. The summed E-state index contributed by atoms with van der Waals surface area (Å²) in [7, 11) is 0. The number of aromatic hydroxyl groups is 1. The maximum atomic E-state index is 13.5. The van der Waals surface area contributed by atoms with Gasteiger partial charge in [0.25, 0.3) is 17.7 Å². The van der Waals surface area contributed by atoms with Gasteiger partial charge in [0.05, 0.1) is 32.0 Å². The van der Waals surface area contributed by atoms with Gasteiger partial charge in [-0.05, 0) is 127 Å². The third-order valence-electron chi connectivity index (χ3n) is 12.6. The van der Waals surface area contributed by atoms with Crippen molar-refractivity contribution in [1.29, 1.82) is 0 Å². The Balaban J connectivity index is 0.817. The molecule has 2 saturated heterocycles. The molecule has 5 N–H and O–H groups in total. The largest absolute Gasteiger partial charge is 0.507 e. The average Bonchev–Trinajstić information content (AvgIpc) is 3.76. The Hall–Kier alpha value is -5.46. The average molecular weight is 876 g/mol. The number of piperidine rings is 2. The number of amides is 5. The van der Waals surface area contributed by atoms with Crippen LogP contribution in [0, 0.1) is 11.8 Å². The third-order valence-corrected chi connectivity index (χ3v) is 13.8. The maximum absolute atomic E-state index is 13.5. The highest BCUT2D eigenvalue weighted by Crippen LogP contribution is 2.42. The number of carbonyl (C=O) groups is 5. The van der Waals surface area contributed by atoms with Gasteiger partial charge in [-0.3, -0.25) is 34.2 Å². The molecule has 4 aromatic rings. The van der Waals surface area contributed by atoms with E-state index in [4.69, 9.17) is 4.98 Å². The van der Waals surface area contributed by atoms with Crippen molar-refractivity contribution in [2.24, 2.45) is 11.8 Å². The first-order valence-corrected chi connectivity index (χ1v) is 21.8. The number of hydrogen-bond acceptors (Lipinski definition) is 12. The predicted molar refractivity (Wildman–Crippen MR) is 224 cm³/mol. The quantitative estimate of drug-likeness (QED) is 0.0788. The Morgan fingerprint density at radius 2 is 1.63 bits per heavy atom. The number of likely N-dealkylation sites (tertiary alicyclic amines) is 1. The fraction of sp³-hybridized carbons (Fsp3) is 0.477. The number of pyridine rings is 1.